The second-order valence-corrected chi connectivity index (χ2v) is 8.02. The van der Waals surface area contributed by atoms with Gasteiger partial charge in [0.1, 0.15) is 5.58 Å². The van der Waals surface area contributed by atoms with E-state index in [2.05, 4.69) is 0 Å². The Morgan fingerprint density at radius 3 is 2.61 bits per heavy atom. The average Bonchev–Trinajstić information content (AvgIpc) is 3.36. The number of aryl methyl sites for hydroxylation is 1. The minimum Gasteiger partial charge on any atom is -0.450 e. The maximum Gasteiger partial charge on any atom is 0.291 e. The van der Waals surface area contributed by atoms with Crippen LogP contribution < -0.4 is 5.43 Å². The highest BCUT2D eigenvalue weighted by Gasteiger charge is 2.44. The summed E-state index contributed by atoms with van der Waals surface area (Å²) < 4.78 is 11.6. The normalized spacial score (nSPS) is 20.4. The second kappa shape index (κ2) is 7.31. The first-order chi connectivity index (χ1) is 14.9. The lowest BCUT2D eigenvalue weighted by Crippen LogP contribution is -2.36. The fourth-order valence-corrected chi connectivity index (χ4v) is 4.46. The smallest absolute Gasteiger partial charge is 0.291 e. The van der Waals surface area contributed by atoms with Crippen molar-refractivity contribution in [2.75, 3.05) is 13.2 Å². The zero-order chi connectivity index (χ0) is 21.7. The quantitative estimate of drug-likeness (QED) is 0.471. The average molecular weight is 420 g/mol. The van der Waals surface area contributed by atoms with E-state index in [1.807, 2.05) is 13.0 Å². The summed E-state index contributed by atoms with van der Waals surface area (Å²) in [5.41, 5.74) is 1.85. The molecule has 0 bridgehead atoms. The Labute approximate surface area is 177 Å². The molecule has 2 unspecified atom stereocenters. The summed E-state index contributed by atoms with van der Waals surface area (Å²) in [5.74, 6) is -0.337. The van der Waals surface area contributed by atoms with Gasteiger partial charge >= 0.3 is 0 Å². The number of nitrogens with zero attached hydrogens (tertiary/aromatic N) is 2. The van der Waals surface area contributed by atoms with Gasteiger partial charge in [0.2, 0.25) is 5.76 Å². The standard InChI is InChI=1S/C23H20N2O6/c1-13-4-9-18-17(11-13)21(26)19-20(14-5-7-15(8-6-14)25(28)29)24(23(27)22(19)31-18)12-16-3-2-10-30-16/h4-9,11,16,20H,2-3,10,12H2,1H3. The molecule has 5 rings (SSSR count). The molecule has 1 saturated heterocycles. The number of carbonyl (C=O) groups is 1. The van der Waals surface area contributed by atoms with Gasteiger partial charge in [-0.15, -0.1) is 0 Å². The van der Waals surface area contributed by atoms with Crippen molar-refractivity contribution < 1.29 is 18.9 Å². The van der Waals surface area contributed by atoms with E-state index in [0.29, 0.717) is 29.7 Å². The molecule has 1 aromatic heterocycles. The van der Waals surface area contributed by atoms with Crippen LogP contribution in [-0.2, 0) is 4.74 Å². The van der Waals surface area contributed by atoms with Crippen LogP contribution >= 0.6 is 0 Å². The van der Waals surface area contributed by atoms with Gasteiger partial charge in [0.15, 0.2) is 5.43 Å². The third kappa shape index (κ3) is 3.19. The van der Waals surface area contributed by atoms with E-state index < -0.39 is 11.0 Å². The van der Waals surface area contributed by atoms with Gasteiger partial charge in [-0.2, -0.15) is 0 Å². The third-order valence-electron chi connectivity index (χ3n) is 5.97. The predicted octanol–water partition coefficient (Wildman–Crippen LogP) is 3.73. The Bertz CT molecular complexity index is 1260. The number of rotatable bonds is 4. The number of fused-ring (bicyclic) bond motifs is 2. The highest BCUT2D eigenvalue weighted by Crippen LogP contribution is 2.39. The van der Waals surface area contributed by atoms with E-state index in [0.717, 1.165) is 18.4 Å². The molecule has 2 aromatic carbocycles. The molecular formula is C23H20N2O6. The molecule has 31 heavy (non-hydrogen) atoms. The van der Waals surface area contributed by atoms with Crippen LogP contribution in [-0.4, -0.2) is 35.0 Å². The van der Waals surface area contributed by atoms with E-state index in [-0.39, 0.29) is 34.5 Å². The molecule has 3 aromatic rings. The summed E-state index contributed by atoms with van der Waals surface area (Å²) >= 11 is 0. The minimum atomic E-state index is -0.686. The van der Waals surface area contributed by atoms with Crippen molar-refractivity contribution in [2.24, 2.45) is 0 Å². The largest absolute Gasteiger partial charge is 0.450 e. The van der Waals surface area contributed by atoms with E-state index >= 15 is 0 Å². The van der Waals surface area contributed by atoms with Gasteiger partial charge in [-0.3, -0.25) is 19.7 Å². The number of benzene rings is 2. The molecule has 8 heteroatoms. The summed E-state index contributed by atoms with van der Waals surface area (Å²) in [5, 5.41) is 11.5. The molecule has 3 heterocycles. The number of nitro groups is 1. The first-order valence-electron chi connectivity index (χ1n) is 10.2. The van der Waals surface area contributed by atoms with Gasteiger partial charge in [-0.05, 0) is 49.6 Å². The zero-order valence-corrected chi connectivity index (χ0v) is 16.9. The van der Waals surface area contributed by atoms with Crippen LogP contribution in [0.4, 0.5) is 5.69 Å². The Morgan fingerprint density at radius 1 is 1.16 bits per heavy atom. The molecule has 0 saturated carbocycles. The van der Waals surface area contributed by atoms with Gasteiger partial charge in [-0.1, -0.05) is 11.6 Å². The molecule has 0 N–H and O–H groups in total. The van der Waals surface area contributed by atoms with Crippen LogP contribution in [0.3, 0.4) is 0 Å². The summed E-state index contributed by atoms with van der Waals surface area (Å²) in [6, 6.07) is 10.5. The molecular weight excluding hydrogens is 400 g/mol. The van der Waals surface area contributed by atoms with Crippen molar-refractivity contribution in [3.63, 3.8) is 0 Å². The van der Waals surface area contributed by atoms with Crippen LogP contribution in [0.1, 0.15) is 46.1 Å². The Kier molecular flexibility index (Phi) is 4.59. The number of amides is 1. The summed E-state index contributed by atoms with van der Waals surface area (Å²) in [7, 11) is 0. The third-order valence-corrected chi connectivity index (χ3v) is 5.97. The molecule has 1 amide bonds. The number of ether oxygens (including phenoxy) is 1. The molecule has 1 fully saturated rings. The van der Waals surface area contributed by atoms with Gasteiger partial charge < -0.3 is 14.1 Å². The van der Waals surface area contributed by atoms with Crippen LogP contribution in [0, 0.1) is 17.0 Å². The lowest BCUT2D eigenvalue weighted by atomic mass is 9.97. The lowest BCUT2D eigenvalue weighted by molar-refractivity contribution is -0.384. The Balaban J connectivity index is 1.69. The van der Waals surface area contributed by atoms with Crippen molar-refractivity contribution in [2.45, 2.75) is 31.9 Å². The van der Waals surface area contributed by atoms with E-state index in [1.165, 1.54) is 12.1 Å². The molecule has 8 nitrogen and oxygen atoms in total. The van der Waals surface area contributed by atoms with Crippen molar-refractivity contribution >= 4 is 22.6 Å². The van der Waals surface area contributed by atoms with Gasteiger partial charge in [0.05, 0.1) is 28.0 Å². The Hall–Kier alpha value is -3.52. The number of non-ortho nitro benzene ring substituents is 1. The summed E-state index contributed by atoms with van der Waals surface area (Å²) in [4.78, 5) is 39.0. The monoisotopic (exact) mass is 420 g/mol. The molecule has 0 spiro atoms. The van der Waals surface area contributed by atoms with Crippen LogP contribution in [0.2, 0.25) is 0 Å². The maximum absolute atomic E-state index is 13.5. The molecule has 2 aliphatic heterocycles. The molecule has 0 radical (unpaired) electrons. The molecule has 158 valence electrons. The van der Waals surface area contributed by atoms with Crippen LogP contribution in [0.25, 0.3) is 11.0 Å². The van der Waals surface area contributed by atoms with Gasteiger partial charge in [0.25, 0.3) is 11.6 Å². The Morgan fingerprint density at radius 2 is 1.94 bits per heavy atom. The fraction of sp³-hybridized carbons (Fsp3) is 0.304. The van der Waals surface area contributed by atoms with Gasteiger partial charge in [0, 0.05) is 25.3 Å². The summed E-state index contributed by atoms with van der Waals surface area (Å²) in [6.07, 6.45) is 1.63. The maximum atomic E-state index is 13.5. The van der Waals surface area contributed by atoms with E-state index in [9.17, 15) is 19.7 Å². The van der Waals surface area contributed by atoms with E-state index in [1.54, 1.807) is 29.2 Å². The number of carbonyl (C=O) groups excluding carboxylic acids is 1. The molecule has 0 aliphatic carbocycles. The first-order valence-corrected chi connectivity index (χ1v) is 10.2. The topological polar surface area (TPSA) is 103 Å². The SMILES string of the molecule is Cc1ccc2oc3c(c(=O)c2c1)C(c1ccc([N+](=O)[O-])cc1)N(CC1CCCO1)C3=O. The predicted molar refractivity (Wildman–Crippen MR) is 112 cm³/mol. The van der Waals surface area contributed by atoms with Crippen molar-refractivity contribution in [3.8, 4) is 0 Å². The highest BCUT2D eigenvalue weighted by atomic mass is 16.6. The highest BCUT2D eigenvalue weighted by molar-refractivity contribution is 5.99. The van der Waals surface area contributed by atoms with Gasteiger partial charge in [-0.25, -0.2) is 0 Å². The number of hydrogen-bond donors (Lipinski definition) is 0. The molecule has 2 atom stereocenters. The van der Waals surface area contributed by atoms with E-state index in [4.69, 9.17) is 9.15 Å². The van der Waals surface area contributed by atoms with Crippen LogP contribution in [0.5, 0.6) is 0 Å². The van der Waals surface area contributed by atoms with Crippen molar-refractivity contribution in [1.29, 1.82) is 0 Å². The minimum absolute atomic E-state index is 0.0303. The van der Waals surface area contributed by atoms with Crippen LogP contribution in [0.15, 0.2) is 51.7 Å². The number of nitro benzene ring substituents is 1. The lowest BCUT2D eigenvalue weighted by Gasteiger charge is -2.27. The zero-order valence-electron chi connectivity index (χ0n) is 16.9. The molecule has 2 aliphatic rings. The van der Waals surface area contributed by atoms with Crippen molar-refractivity contribution in [3.05, 3.63) is 85.3 Å². The second-order valence-electron chi connectivity index (χ2n) is 8.02. The summed E-state index contributed by atoms with van der Waals surface area (Å²) in [6.45, 7) is 2.84. The number of hydrogen-bond acceptors (Lipinski definition) is 6. The fourth-order valence-electron chi connectivity index (χ4n) is 4.46. The first kappa shape index (κ1) is 19.4. The van der Waals surface area contributed by atoms with Crippen molar-refractivity contribution in [1.82, 2.24) is 4.90 Å².